The number of ether oxygens (including phenoxy) is 1. The van der Waals surface area contributed by atoms with Gasteiger partial charge in [0.2, 0.25) is 5.91 Å². The van der Waals surface area contributed by atoms with Gasteiger partial charge in [0.25, 0.3) is 0 Å². The minimum absolute atomic E-state index is 0.0693. The van der Waals surface area contributed by atoms with Crippen molar-refractivity contribution in [2.24, 2.45) is 5.41 Å². The third-order valence-electron chi connectivity index (χ3n) is 8.80. The molecule has 5 heterocycles. The molecule has 0 aliphatic carbocycles. The highest BCUT2D eigenvalue weighted by Crippen LogP contribution is 2.44. The normalized spacial score (nSPS) is 19.9. The Morgan fingerprint density at radius 1 is 1.02 bits per heavy atom. The largest absolute Gasteiger partial charge is 0.451 e. The number of benzene rings is 2. The molecule has 4 aromatic rings. The molecule has 1 spiro atoms. The van der Waals surface area contributed by atoms with Gasteiger partial charge in [0.05, 0.1) is 12.6 Å². The van der Waals surface area contributed by atoms with E-state index in [4.69, 9.17) is 4.74 Å². The lowest BCUT2D eigenvalue weighted by Crippen LogP contribution is -2.31. The summed E-state index contributed by atoms with van der Waals surface area (Å²) >= 11 is 0. The van der Waals surface area contributed by atoms with E-state index in [0.29, 0.717) is 23.5 Å². The highest BCUT2D eigenvalue weighted by atomic mass is 19.1. The lowest BCUT2D eigenvalue weighted by Gasteiger charge is -2.26. The molecule has 1 unspecified atom stereocenters. The topological polar surface area (TPSA) is 83.5 Å². The van der Waals surface area contributed by atoms with Crippen LogP contribution in [-0.2, 0) is 24.2 Å². The Labute approximate surface area is 244 Å². The number of anilines is 2. The second-order valence-electron chi connectivity index (χ2n) is 11.7. The van der Waals surface area contributed by atoms with Crippen LogP contribution in [0.15, 0.2) is 67.3 Å². The number of aryl methyl sites for hydroxylation is 1. The fourth-order valence-corrected chi connectivity index (χ4v) is 6.73. The fourth-order valence-electron chi connectivity index (χ4n) is 6.73. The van der Waals surface area contributed by atoms with Crippen molar-refractivity contribution in [2.75, 3.05) is 36.4 Å². The van der Waals surface area contributed by atoms with Crippen LogP contribution >= 0.6 is 0 Å². The number of rotatable bonds is 7. The maximum Gasteiger partial charge on any atom is 0.228 e. The first-order chi connectivity index (χ1) is 20.5. The molecule has 1 N–H and O–H groups in total. The van der Waals surface area contributed by atoms with E-state index in [0.717, 1.165) is 80.3 Å². The van der Waals surface area contributed by atoms with Gasteiger partial charge in [0.1, 0.15) is 17.9 Å². The van der Waals surface area contributed by atoms with Gasteiger partial charge in [0.15, 0.2) is 11.6 Å². The van der Waals surface area contributed by atoms with Gasteiger partial charge in [-0.25, -0.2) is 14.4 Å². The maximum absolute atomic E-state index is 14.4. The van der Waals surface area contributed by atoms with Crippen LogP contribution in [0, 0.1) is 11.2 Å². The quantitative estimate of drug-likeness (QED) is 0.312. The molecule has 42 heavy (non-hydrogen) atoms. The number of carbonyl (C=O) groups is 1. The Morgan fingerprint density at radius 3 is 2.83 bits per heavy atom. The van der Waals surface area contributed by atoms with E-state index in [2.05, 4.69) is 48.3 Å². The molecule has 0 radical (unpaired) electrons. The molecule has 2 aromatic heterocycles. The molecule has 214 valence electrons. The third kappa shape index (κ3) is 5.09. The molecule has 2 saturated heterocycles. The Kier molecular flexibility index (Phi) is 6.82. The minimum atomic E-state index is -0.329. The molecule has 3 aliphatic heterocycles. The van der Waals surface area contributed by atoms with Crippen LogP contribution in [-0.4, -0.2) is 51.9 Å². The molecule has 7 rings (SSSR count). The highest BCUT2D eigenvalue weighted by molar-refractivity contribution is 5.99. The second kappa shape index (κ2) is 10.8. The van der Waals surface area contributed by atoms with Gasteiger partial charge in [-0.3, -0.25) is 14.7 Å². The van der Waals surface area contributed by atoms with Crippen molar-refractivity contribution < 1.29 is 13.9 Å². The Balaban J connectivity index is 1.08. The standard InChI is InChI=1S/C33H33FN6O2/c1-2-27-25(4-3-11-36-27)26-16-24(34)7-8-29(26)42-30-17-35-21-37-32(30)40-13-10-33(20-40)9-12-39(19-33)18-22-5-6-23-15-31(41)38-28(23)14-22/h3-8,11,14,16-17,21H,2,9-10,12-13,15,18-20H2,1H3,(H,38,41). The highest BCUT2D eigenvalue weighted by Gasteiger charge is 2.44. The predicted molar refractivity (Wildman–Crippen MR) is 159 cm³/mol. The van der Waals surface area contributed by atoms with Gasteiger partial charge in [-0.2, -0.15) is 0 Å². The first-order valence-electron chi connectivity index (χ1n) is 14.6. The summed E-state index contributed by atoms with van der Waals surface area (Å²) in [6.45, 7) is 6.72. The van der Waals surface area contributed by atoms with E-state index in [9.17, 15) is 9.18 Å². The first kappa shape index (κ1) is 26.5. The van der Waals surface area contributed by atoms with Crippen LogP contribution in [0.2, 0.25) is 0 Å². The number of carbonyl (C=O) groups excluding carboxylic acids is 1. The van der Waals surface area contributed by atoms with Crippen LogP contribution in [0.5, 0.6) is 11.5 Å². The summed E-state index contributed by atoms with van der Waals surface area (Å²) in [5.41, 5.74) is 5.83. The third-order valence-corrected chi connectivity index (χ3v) is 8.80. The Bertz CT molecular complexity index is 1660. The lowest BCUT2D eigenvalue weighted by atomic mass is 9.86. The average molecular weight is 565 g/mol. The molecule has 8 nitrogen and oxygen atoms in total. The summed E-state index contributed by atoms with van der Waals surface area (Å²) in [6, 6.07) is 14.7. The van der Waals surface area contributed by atoms with E-state index < -0.39 is 0 Å². The van der Waals surface area contributed by atoms with E-state index in [1.807, 2.05) is 19.1 Å². The van der Waals surface area contributed by atoms with Gasteiger partial charge in [-0.15, -0.1) is 0 Å². The molecule has 1 amide bonds. The number of aromatic nitrogens is 3. The average Bonchev–Trinajstić information content (AvgIpc) is 3.71. The molecule has 9 heteroatoms. The van der Waals surface area contributed by atoms with Gasteiger partial charge in [-0.1, -0.05) is 25.1 Å². The Hall–Kier alpha value is -4.37. The second-order valence-corrected chi connectivity index (χ2v) is 11.7. The van der Waals surface area contributed by atoms with Crippen LogP contribution in [0.1, 0.15) is 36.6 Å². The summed E-state index contributed by atoms with van der Waals surface area (Å²) in [5.74, 6) is 1.59. The minimum Gasteiger partial charge on any atom is -0.451 e. The monoisotopic (exact) mass is 564 g/mol. The summed E-state index contributed by atoms with van der Waals surface area (Å²) in [7, 11) is 0. The van der Waals surface area contributed by atoms with Gasteiger partial charge < -0.3 is 15.0 Å². The number of pyridine rings is 1. The summed E-state index contributed by atoms with van der Waals surface area (Å²) < 4.78 is 20.9. The van der Waals surface area contributed by atoms with Crippen LogP contribution in [0.4, 0.5) is 15.9 Å². The molecular weight excluding hydrogens is 531 g/mol. The van der Waals surface area contributed by atoms with Crippen molar-refractivity contribution >= 4 is 17.4 Å². The van der Waals surface area contributed by atoms with E-state index in [1.165, 1.54) is 17.7 Å². The molecule has 0 saturated carbocycles. The number of halogens is 1. The van der Waals surface area contributed by atoms with Crippen LogP contribution in [0.25, 0.3) is 11.1 Å². The van der Waals surface area contributed by atoms with Crippen LogP contribution in [0.3, 0.4) is 0 Å². The summed E-state index contributed by atoms with van der Waals surface area (Å²) in [6.07, 6.45) is 8.39. The van der Waals surface area contributed by atoms with Gasteiger partial charge in [0, 0.05) is 60.3 Å². The molecule has 2 fully saturated rings. The number of amides is 1. The number of hydrogen-bond donors (Lipinski definition) is 1. The maximum atomic E-state index is 14.4. The zero-order valence-electron chi connectivity index (χ0n) is 23.6. The van der Waals surface area contributed by atoms with Crippen molar-refractivity contribution in [3.63, 3.8) is 0 Å². The van der Waals surface area contributed by atoms with E-state index >= 15 is 0 Å². The number of fused-ring (bicyclic) bond motifs is 1. The molecule has 1 atom stereocenters. The van der Waals surface area contributed by atoms with E-state index in [1.54, 1.807) is 24.8 Å². The molecule has 3 aliphatic rings. The molecular formula is C33H33FN6O2. The van der Waals surface area contributed by atoms with Crippen LogP contribution < -0.4 is 15.0 Å². The van der Waals surface area contributed by atoms with Crippen molar-refractivity contribution in [1.29, 1.82) is 0 Å². The Morgan fingerprint density at radius 2 is 1.93 bits per heavy atom. The molecule has 0 bridgehead atoms. The SMILES string of the molecule is CCc1ncccc1-c1cc(F)ccc1Oc1cncnc1N1CCC2(CCN(Cc3ccc4c(c3)NC(=O)C4)C2)C1. The first-order valence-corrected chi connectivity index (χ1v) is 14.6. The predicted octanol–water partition coefficient (Wildman–Crippen LogP) is 5.63. The number of hydrogen-bond acceptors (Lipinski definition) is 7. The summed E-state index contributed by atoms with van der Waals surface area (Å²) in [4.78, 5) is 30.0. The molecule has 2 aromatic carbocycles. The smallest absolute Gasteiger partial charge is 0.228 e. The van der Waals surface area contributed by atoms with Crippen molar-refractivity contribution in [2.45, 2.75) is 39.2 Å². The zero-order chi connectivity index (χ0) is 28.7. The van der Waals surface area contributed by atoms with Gasteiger partial charge >= 0.3 is 0 Å². The zero-order valence-corrected chi connectivity index (χ0v) is 23.6. The number of nitrogens with zero attached hydrogens (tertiary/aromatic N) is 5. The van der Waals surface area contributed by atoms with Crippen molar-refractivity contribution in [3.05, 3.63) is 89.9 Å². The fraction of sp³-hybridized carbons (Fsp3) is 0.333. The van der Waals surface area contributed by atoms with E-state index in [-0.39, 0.29) is 17.1 Å². The summed E-state index contributed by atoms with van der Waals surface area (Å²) in [5, 5.41) is 2.97. The van der Waals surface area contributed by atoms with Crippen molar-refractivity contribution in [1.82, 2.24) is 19.9 Å². The number of nitrogens with one attached hydrogen (secondary N) is 1. The van der Waals surface area contributed by atoms with Gasteiger partial charge in [-0.05, 0) is 67.3 Å². The lowest BCUT2D eigenvalue weighted by molar-refractivity contribution is -0.115. The number of likely N-dealkylation sites (tertiary alicyclic amines) is 1. The van der Waals surface area contributed by atoms with Crippen molar-refractivity contribution in [3.8, 4) is 22.6 Å².